The third kappa shape index (κ3) is 4.20. The maximum Gasteiger partial charge on any atom is -0.00196 e. The Bertz CT molecular complexity index is 776. The summed E-state index contributed by atoms with van der Waals surface area (Å²) in [5, 5.41) is 0. The number of benzene rings is 3. The summed E-state index contributed by atoms with van der Waals surface area (Å²) in [6.07, 6.45) is 3.24. The van der Waals surface area contributed by atoms with Gasteiger partial charge in [-0.25, -0.2) is 0 Å². The van der Waals surface area contributed by atoms with Crippen molar-refractivity contribution in [3.05, 3.63) is 107 Å². The topological polar surface area (TPSA) is 0 Å². The van der Waals surface area contributed by atoms with Crippen LogP contribution in [0.1, 0.15) is 27.8 Å². The highest BCUT2D eigenvalue weighted by Gasteiger charge is 2.04. The lowest BCUT2D eigenvalue weighted by atomic mass is 9.95. The summed E-state index contributed by atoms with van der Waals surface area (Å²) in [5.74, 6) is 0. The second-order valence-electron chi connectivity index (χ2n) is 6.11. The van der Waals surface area contributed by atoms with Gasteiger partial charge in [0.2, 0.25) is 0 Å². The largest absolute Gasteiger partial charge is 0.0622 e. The lowest BCUT2D eigenvalue weighted by Gasteiger charge is -2.10. The van der Waals surface area contributed by atoms with E-state index in [9.17, 15) is 0 Å². The number of rotatable bonds is 4. The van der Waals surface area contributed by atoms with Crippen molar-refractivity contribution in [1.29, 1.82) is 0 Å². The molecule has 0 aliphatic rings. The van der Waals surface area contributed by atoms with Crippen LogP contribution < -0.4 is 0 Å². The molecule has 0 aromatic heterocycles. The van der Waals surface area contributed by atoms with E-state index in [1.807, 2.05) is 0 Å². The molecule has 0 atom stereocenters. The molecule has 0 radical (unpaired) electrons. The molecule has 0 heteroatoms. The van der Waals surface area contributed by atoms with Crippen molar-refractivity contribution in [2.24, 2.45) is 0 Å². The molecule has 114 valence electrons. The molecular weight excluding hydrogens is 276 g/mol. The van der Waals surface area contributed by atoms with Crippen molar-refractivity contribution in [2.75, 3.05) is 0 Å². The van der Waals surface area contributed by atoms with E-state index < -0.39 is 0 Å². The zero-order valence-electron chi connectivity index (χ0n) is 13.8. The molecular formula is C23H22. The van der Waals surface area contributed by atoms with E-state index >= 15 is 0 Å². The quantitative estimate of drug-likeness (QED) is 0.511. The van der Waals surface area contributed by atoms with Crippen molar-refractivity contribution in [2.45, 2.75) is 20.3 Å². The lowest BCUT2D eigenvalue weighted by molar-refractivity contribution is 1.28. The van der Waals surface area contributed by atoms with E-state index in [0.717, 1.165) is 6.42 Å². The van der Waals surface area contributed by atoms with Crippen LogP contribution >= 0.6 is 0 Å². The Balaban J connectivity index is 1.98. The van der Waals surface area contributed by atoms with Crippen molar-refractivity contribution >= 4 is 11.6 Å². The minimum atomic E-state index is 0.942. The van der Waals surface area contributed by atoms with Crippen LogP contribution in [0.3, 0.4) is 0 Å². The van der Waals surface area contributed by atoms with Gasteiger partial charge >= 0.3 is 0 Å². The van der Waals surface area contributed by atoms with Gasteiger partial charge in [0.15, 0.2) is 0 Å². The molecule has 0 unspecified atom stereocenters. The number of allylic oxidation sites excluding steroid dienone is 1. The van der Waals surface area contributed by atoms with Crippen LogP contribution in [-0.2, 0) is 6.42 Å². The van der Waals surface area contributed by atoms with E-state index in [4.69, 9.17) is 0 Å². The molecule has 0 aliphatic carbocycles. The SMILES string of the molecule is Cc1ccc(/C=C(/Cc2ccccc2)c2ccc(C)cc2)cc1. The Kier molecular flexibility index (Phi) is 4.73. The van der Waals surface area contributed by atoms with Crippen LogP contribution in [0.4, 0.5) is 0 Å². The summed E-state index contributed by atoms with van der Waals surface area (Å²) in [6.45, 7) is 4.25. The van der Waals surface area contributed by atoms with Crippen LogP contribution in [0.5, 0.6) is 0 Å². The summed E-state index contributed by atoms with van der Waals surface area (Å²) in [6, 6.07) is 28.2. The molecule has 0 N–H and O–H groups in total. The highest BCUT2D eigenvalue weighted by molar-refractivity contribution is 5.82. The fourth-order valence-corrected chi connectivity index (χ4v) is 2.68. The van der Waals surface area contributed by atoms with Crippen LogP contribution in [0.2, 0.25) is 0 Å². The zero-order valence-corrected chi connectivity index (χ0v) is 13.8. The molecule has 0 fully saturated rings. The standard InChI is InChI=1S/C23H22/c1-18-8-12-21(13-9-18)17-23(16-20-6-4-3-5-7-20)22-14-10-19(2)11-15-22/h3-15,17H,16H2,1-2H3/b23-17-. The predicted octanol–water partition coefficient (Wildman–Crippen LogP) is 6.09. The van der Waals surface area contributed by atoms with Crippen molar-refractivity contribution in [3.8, 4) is 0 Å². The molecule has 0 nitrogen and oxygen atoms in total. The Hall–Kier alpha value is -2.60. The summed E-state index contributed by atoms with van der Waals surface area (Å²) >= 11 is 0. The second-order valence-corrected chi connectivity index (χ2v) is 6.11. The lowest BCUT2D eigenvalue weighted by Crippen LogP contribution is -1.91. The molecule has 23 heavy (non-hydrogen) atoms. The van der Waals surface area contributed by atoms with Crippen molar-refractivity contribution in [1.82, 2.24) is 0 Å². The van der Waals surface area contributed by atoms with E-state index in [1.54, 1.807) is 0 Å². The molecule has 0 aliphatic heterocycles. The first-order chi connectivity index (χ1) is 11.2. The highest BCUT2D eigenvalue weighted by atomic mass is 14.1. The van der Waals surface area contributed by atoms with Gasteiger partial charge in [0.05, 0.1) is 0 Å². The van der Waals surface area contributed by atoms with Crippen LogP contribution in [0, 0.1) is 13.8 Å². The molecule has 3 aromatic rings. The first kappa shape index (κ1) is 15.3. The fourth-order valence-electron chi connectivity index (χ4n) is 2.68. The maximum absolute atomic E-state index is 2.30. The minimum Gasteiger partial charge on any atom is -0.0622 e. The van der Waals surface area contributed by atoms with Crippen LogP contribution in [-0.4, -0.2) is 0 Å². The first-order valence-electron chi connectivity index (χ1n) is 8.09. The molecule has 0 saturated heterocycles. The third-order valence-electron chi connectivity index (χ3n) is 4.08. The maximum atomic E-state index is 2.30. The Morgan fingerprint density at radius 3 is 1.87 bits per heavy atom. The monoisotopic (exact) mass is 298 g/mol. The predicted molar refractivity (Wildman–Crippen MR) is 100 cm³/mol. The molecule has 0 spiro atoms. The number of hydrogen-bond donors (Lipinski definition) is 0. The summed E-state index contributed by atoms with van der Waals surface area (Å²) in [4.78, 5) is 0. The van der Waals surface area contributed by atoms with Gasteiger partial charge in [0.25, 0.3) is 0 Å². The fraction of sp³-hybridized carbons (Fsp3) is 0.130. The van der Waals surface area contributed by atoms with Gasteiger partial charge in [-0.1, -0.05) is 96.1 Å². The average Bonchev–Trinajstić information content (AvgIpc) is 2.58. The average molecular weight is 298 g/mol. The molecule has 0 saturated carbocycles. The zero-order chi connectivity index (χ0) is 16.1. The first-order valence-corrected chi connectivity index (χ1v) is 8.09. The van der Waals surface area contributed by atoms with E-state index in [1.165, 1.54) is 33.4 Å². The third-order valence-corrected chi connectivity index (χ3v) is 4.08. The van der Waals surface area contributed by atoms with E-state index in [-0.39, 0.29) is 0 Å². The van der Waals surface area contributed by atoms with E-state index in [0.29, 0.717) is 0 Å². The highest BCUT2D eigenvalue weighted by Crippen LogP contribution is 2.23. The number of hydrogen-bond acceptors (Lipinski definition) is 0. The van der Waals surface area contributed by atoms with Crippen molar-refractivity contribution < 1.29 is 0 Å². The van der Waals surface area contributed by atoms with Gasteiger partial charge in [0, 0.05) is 0 Å². The van der Waals surface area contributed by atoms with Crippen LogP contribution in [0.25, 0.3) is 11.6 Å². The van der Waals surface area contributed by atoms with Gasteiger partial charge in [-0.15, -0.1) is 0 Å². The van der Waals surface area contributed by atoms with E-state index in [2.05, 4.69) is 98.8 Å². The van der Waals surface area contributed by atoms with Crippen LogP contribution in [0.15, 0.2) is 78.9 Å². The second kappa shape index (κ2) is 7.11. The van der Waals surface area contributed by atoms with Gasteiger partial charge in [-0.3, -0.25) is 0 Å². The van der Waals surface area contributed by atoms with Gasteiger partial charge < -0.3 is 0 Å². The van der Waals surface area contributed by atoms with Gasteiger partial charge in [-0.05, 0) is 42.5 Å². The van der Waals surface area contributed by atoms with Gasteiger partial charge in [0.1, 0.15) is 0 Å². The van der Waals surface area contributed by atoms with Crippen molar-refractivity contribution in [3.63, 3.8) is 0 Å². The summed E-state index contributed by atoms with van der Waals surface area (Å²) in [5.41, 5.74) is 7.82. The Morgan fingerprint density at radius 1 is 0.696 bits per heavy atom. The summed E-state index contributed by atoms with van der Waals surface area (Å²) < 4.78 is 0. The Morgan fingerprint density at radius 2 is 1.26 bits per heavy atom. The van der Waals surface area contributed by atoms with Gasteiger partial charge in [-0.2, -0.15) is 0 Å². The molecule has 3 aromatic carbocycles. The minimum absolute atomic E-state index is 0.942. The molecule has 3 rings (SSSR count). The summed E-state index contributed by atoms with van der Waals surface area (Å²) in [7, 11) is 0. The Labute approximate surface area is 139 Å². The molecule has 0 heterocycles. The number of aryl methyl sites for hydroxylation is 2. The molecule has 0 bridgehead atoms. The molecule has 0 amide bonds. The normalized spacial score (nSPS) is 11.5. The smallest absolute Gasteiger partial charge is 0.00196 e.